The molecular weight excluding hydrogens is 409 g/mol. The van der Waals surface area contributed by atoms with Crippen molar-refractivity contribution in [2.45, 2.75) is 26.9 Å². The number of rotatable bonds is 8. The van der Waals surface area contributed by atoms with Crippen LogP contribution in [-0.2, 0) is 13.1 Å². The molecule has 0 saturated heterocycles. The van der Waals surface area contributed by atoms with Gasteiger partial charge < -0.3 is 14.8 Å². The Labute approximate surface area is 186 Å². The van der Waals surface area contributed by atoms with Crippen LogP contribution >= 0.6 is 0 Å². The highest BCUT2D eigenvalue weighted by molar-refractivity contribution is 5.71. The number of aromatic nitrogens is 4. The Morgan fingerprint density at radius 2 is 1.81 bits per heavy atom. The maximum atomic E-state index is 13.3. The molecule has 0 atom stereocenters. The quantitative estimate of drug-likeness (QED) is 0.431. The van der Waals surface area contributed by atoms with E-state index in [2.05, 4.69) is 20.6 Å². The van der Waals surface area contributed by atoms with Crippen LogP contribution in [0.5, 0.6) is 11.5 Å². The van der Waals surface area contributed by atoms with Crippen LogP contribution in [0.15, 0.2) is 48.7 Å². The summed E-state index contributed by atoms with van der Waals surface area (Å²) < 4.78 is 25.9. The van der Waals surface area contributed by atoms with Gasteiger partial charge in [-0.25, -0.2) is 9.07 Å². The second kappa shape index (κ2) is 9.23. The van der Waals surface area contributed by atoms with E-state index in [-0.39, 0.29) is 5.82 Å². The summed E-state index contributed by atoms with van der Waals surface area (Å²) in [6.45, 7) is 5.26. The van der Waals surface area contributed by atoms with Gasteiger partial charge in [0.25, 0.3) is 0 Å². The van der Waals surface area contributed by atoms with Crippen molar-refractivity contribution in [3.05, 3.63) is 77.0 Å². The maximum Gasteiger partial charge on any atom is 0.131 e. The SMILES string of the molecule is COc1ccc(-c2[nH]ncc2CNCc2c(C)nn(-c3ccc(F)cc3)c2C)c(OC)c1. The van der Waals surface area contributed by atoms with Gasteiger partial charge in [0.05, 0.1) is 37.5 Å². The van der Waals surface area contributed by atoms with Crippen molar-refractivity contribution in [1.82, 2.24) is 25.3 Å². The molecule has 2 aromatic carbocycles. The van der Waals surface area contributed by atoms with E-state index in [4.69, 9.17) is 9.47 Å². The Morgan fingerprint density at radius 3 is 2.53 bits per heavy atom. The second-order valence-corrected chi connectivity index (χ2v) is 7.48. The van der Waals surface area contributed by atoms with E-state index in [1.165, 1.54) is 12.1 Å². The van der Waals surface area contributed by atoms with Gasteiger partial charge in [0.1, 0.15) is 17.3 Å². The highest BCUT2D eigenvalue weighted by Crippen LogP contribution is 2.34. The summed E-state index contributed by atoms with van der Waals surface area (Å²) in [5, 5.41) is 15.4. The predicted molar refractivity (Wildman–Crippen MR) is 121 cm³/mol. The monoisotopic (exact) mass is 435 g/mol. The van der Waals surface area contributed by atoms with Gasteiger partial charge >= 0.3 is 0 Å². The van der Waals surface area contributed by atoms with E-state index in [9.17, 15) is 4.39 Å². The number of methoxy groups -OCH3 is 2. The molecule has 0 fully saturated rings. The number of aryl methyl sites for hydroxylation is 1. The summed E-state index contributed by atoms with van der Waals surface area (Å²) in [5.41, 5.74) is 6.74. The average molecular weight is 436 g/mol. The fraction of sp³-hybridized carbons (Fsp3) is 0.250. The third-order valence-electron chi connectivity index (χ3n) is 5.53. The Hall–Kier alpha value is -3.65. The Morgan fingerprint density at radius 1 is 1.03 bits per heavy atom. The third-order valence-corrected chi connectivity index (χ3v) is 5.53. The van der Waals surface area contributed by atoms with Crippen LogP contribution in [0.4, 0.5) is 4.39 Å². The minimum absolute atomic E-state index is 0.262. The van der Waals surface area contributed by atoms with Gasteiger partial charge in [0, 0.05) is 41.5 Å². The summed E-state index contributed by atoms with van der Waals surface area (Å²) in [6, 6.07) is 12.0. The molecule has 7 nitrogen and oxygen atoms in total. The number of ether oxygens (including phenoxy) is 2. The first-order valence-electron chi connectivity index (χ1n) is 10.3. The van der Waals surface area contributed by atoms with Gasteiger partial charge in [-0.3, -0.25) is 5.10 Å². The molecule has 0 amide bonds. The number of halogens is 1. The lowest BCUT2D eigenvalue weighted by Crippen LogP contribution is -2.14. The molecule has 0 unspecified atom stereocenters. The summed E-state index contributed by atoms with van der Waals surface area (Å²) in [7, 11) is 3.26. The molecule has 4 aromatic rings. The van der Waals surface area contributed by atoms with E-state index < -0.39 is 0 Å². The molecule has 0 spiro atoms. The van der Waals surface area contributed by atoms with Gasteiger partial charge in [-0.1, -0.05) is 0 Å². The van der Waals surface area contributed by atoms with Crippen LogP contribution < -0.4 is 14.8 Å². The van der Waals surface area contributed by atoms with Crippen LogP contribution in [0.2, 0.25) is 0 Å². The van der Waals surface area contributed by atoms with Crippen molar-refractivity contribution in [2.24, 2.45) is 0 Å². The topological polar surface area (TPSA) is 77.0 Å². The summed E-state index contributed by atoms with van der Waals surface area (Å²) in [5.74, 6) is 1.18. The van der Waals surface area contributed by atoms with E-state index in [0.717, 1.165) is 45.2 Å². The number of benzene rings is 2. The number of hydrogen-bond acceptors (Lipinski definition) is 5. The molecule has 8 heteroatoms. The number of nitrogens with zero attached hydrogens (tertiary/aromatic N) is 3. The fourth-order valence-corrected chi connectivity index (χ4v) is 3.77. The van der Waals surface area contributed by atoms with E-state index in [1.54, 1.807) is 26.4 Å². The molecule has 2 N–H and O–H groups in total. The number of H-pyrrole nitrogens is 1. The zero-order valence-corrected chi connectivity index (χ0v) is 18.6. The maximum absolute atomic E-state index is 13.3. The lowest BCUT2D eigenvalue weighted by molar-refractivity contribution is 0.395. The minimum Gasteiger partial charge on any atom is -0.497 e. The Bertz CT molecular complexity index is 1210. The molecule has 166 valence electrons. The number of nitrogens with one attached hydrogen (secondary N) is 2. The minimum atomic E-state index is -0.262. The van der Waals surface area contributed by atoms with Crippen LogP contribution in [-0.4, -0.2) is 34.2 Å². The van der Waals surface area contributed by atoms with Crippen LogP contribution in [0, 0.1) is 19.7 Å². The zero-order valence-electron chi connectivity index (χ0n) is 18.6. The molecular formula is C24H26FN5O2. The summed E-state index contributed by atoms with van der Waals surface area (Å²) in [4.78, 5) is 0. The molecule has 4 rings (SSSR count). The molecule has 0 bridgehead atoms. The van der Waals surface area contributed by atoms with Crippen molar-refractivity contribution < 1.29 is 13.9 Å². The highest BCUT2D eigenvalue weighted by atomic mass is 19.1. The smallest absolute Gasteiger partial charge is 0.131 e. The largest absolute Gasteiger partial charge is 0.497 e. The fourth-order valence-electron chi connectivity index (χ4n) is 3.77. The lowest BCUT2D eigenvalue weighted by atomic mass is 10.1. The molecule has 0 aliphatic carbocycles. The molecule has 0 aliphatic heterocycles. The van der Waals surface area contributed by atoms with Crippen molar-refractivity contribution in [1.29, 1.82) is 0 Å². The second-order valence-electron chi connectivity index (χ2n) is 7.48. The van der Waals surface area contributed by atoms with E-state index >= 15 is 0 Å². The normalized spacial score (nSPS) is 11.0. The molecule has 2 heterocycles. The van der Waals surface area contributed by atoms with Crippen molar-refractivity contribution in [2.75, 3.05) is 14.2 Å². The Balaban J connectivity index is 1.50. The van der Waals surface area contributed by atoms with Gasteiger partial charge in [-0.05, 0) is 50.2 Å². The molecule has 0 aliphatic rings. The molecule has 0 radical (unpaired) electrons. The van der Waals surface area contributed by atoms with E-state index in [0.29, 0.717) is 18.8 Å². The standard InChI is InChI=1S/C24H26FN5O2/c1-15-22(16(2)30(29-15)19-7-5-18(25)6-8-19)14-26-12-17-13-27-28-24(17)21-10-9-20(31-3)11-23(21)32-4/h5-11,13,26H,12,14H2,1-4H3,(H,27,28). The average Bonchev–Trinajstić information content (AvgIpc) is 3.38. The molecule has 0 saturated carbocycles. The number of hydrogen-bond donors (Lipinski definition) is 2. The molecule has 2 aromatic heterocycles. The van der Waals surface area contributed by atoms with Gasteiger partial charge in [0.2, 0.25) is 0 Å². The first-order chi connectivity index (χ1) is 15.5. The van der Waals surface area contributed by atoms with Crippen molar-refractivity contribution >= 4 is 0 Å². The first-order valence-corrected chi connectivity index (χ1v) is 10.3. The third kappa shape index (κ3) is 4.22. The lowest BCUT2D eigenvalue weighted by Gasteiger charge is -2.11. The summed E-state index contributed by atoms with van der Waals surface area (Å²) >= 11 is 0. The van der Waals surface area contributed by atoms with Crippen molar-refractivity contribution in [3.8, 4) is 28.4 Å². The number of aromatic amines is 1. The van der Waals surface area contributed by atoms with Crippen molar-refractivity contribution in [3.63, 3.8) is 0 Å². The first kappa shape index (κ1) is 21.6. The van der Waals surface area contributed by atoms with Crippen LogP contribution in [0.25, 0.3) is 16.9 Å². The summed E-state index contributed by atoms with van der Waals surface area (Å²) in [6.07, 6.45) is 1.81. The van der Waals surface area contributed by atoms with Crippen LogP contribution in [0.1, 0.15) is 22.5 Å². The van der Waals surface area contributed by atoms with Gasteiger partial charge in [-0.15, -0.1) is 0 Å². The van der Waals surface area contributed by atoms with Crippen LogP contribution in [0.3, 0.4) is 0 Å². The van der Waals surface area contributed by atoms with Gasteiger partial charge in [0.15, 0.2) is 0 Å². The van der Waals surface area contributed by atoms with Gasteiger partial charge in [-0.2, -0.15) is 10.2 Å². The Kier molecular flexibility index (Phi) is 6.23. The predicted octanol–water partition coefficient (Wildman–Crippen LogP) is 4.33. The zero-order chi connectivity index (χ0) is 22.7. The van der Waals surface area contributed by atoms with E-state index in [1.807, 2.05) is 42.9 Å². The molecule has 32 heavy (non-hydrogen) atoms. The highest BCUT2D eigenvalue weighted by Gasteiger charge is 2.16.